The first-order chi connectivity index (χ1) is 9.00. The molecule has 3 unspecified atom stereocenters. The Morgan fingerprint density at radius 1 is 1.32 bits per heavy atom. The maximum absolute atomic E-state index is 12.3. The number of carbonyl (C=O) groups is 1. The summed E-state index contributed by atoms with van der Waals surface area (Å²) in [4.78, 5) is 14.6. The molecule has 0 saturated carbocycles. The topological polar surface area (TPSA) is 58.4 Å². The van der Waals surface area contributed by atoms with Crippen LogP contribution in [-0.2, 0) is 4.79 Å². The zero-order chi connectivity index (χ0) is 14.0. The van der Waals surface area contributed by atoms with E-state index in [1.165, 1.54) is 0 Å². The van der Waals surface area contributed by atoms with Crippen molar-refractivity contribution in [3.8, 4) is 0 Å². The van der Waals surface area contributed by atoms with Crippen molar-refractivity contribution >= 4 is 17.3 Å². The summed E-state index contributed by atoms with van der Waals surface area (Å²) in [6.45, 7) is 6.33. The van der Waals surface area contributed by atoms with Gasteiger partial charge in [-0.15, -0.1) is 0 Å². The zero-order valence-electron chi connectivity index (χ0n) is 11.9. The minimum atomic E-state index is -0.132. The van der Waals surface area contributed by atoms with Crippen LogP contribution in [0.3, 0.4) is 0 Å². The van der Waals surface area contributed by atoms with Gasteiger partial charge in [0.2, 0.25) is 5.91 Å². The van der Waals surface area contributed by atoms with E-state index in [-0.39, 0.29) is 11.9 Å². The minimum Gasteiger partial charge on any atom is -0.397 e. The van der Waals surface area contributed by atoms with Gasteiger partial charge < -0.3 is 11.1 Å². The standard InChI is InChI=1S/C15H23N3O/c1-10-8-9-11(2)18(10)12(3)15(19)17-14-7-5-4-6-13(14)16/h4-7,10-12H,8-9,16H2,1-3H3,(H,17,19). The summed E-state index contributed by atoms with van der Waals surface area (Å²) in [6, 6.07) is 8.15. The van der Waals surface area contributed by atoms with E-state index in [9.17, 15) is 4.79 Å². The third-order valence-electron chi connectivity index (χ3n) is 4.07. The van der Waals surface area contributed by atoms with Crippen LogP contribution in [0.1, 0.15) is 33.6 Å². The first kappa shape index (κ1) is 13.9. The molecule has 1 aromatic rings. The van der Waals surface area contributed by atoms with Gasteiger partial charge in [-0.05, 0) is 45.7 Å². The zero-order valence-corrected chi connectivity index (χ0v) is 11.9. The second kappa shape index (κ2) is 5.61. The number of amides is 1. The Labute approximate surface area is 115 Å². The third-order valence-corrected chi connectivity index (χ3v) is 4.07. The summed E-state index contributed by atoms with van der Waals surface area (Å²) in [7, 11) is 0. The number of likely N-dealkylation sites (tertiary alicyclic amines) is 1. The van der Waals surface area contributed by atoms with E-state index in [1.54, 1.807) is 6.07 Å². The maximum atomic E-state index is 12.3. The number of anilines is 2. The number of hydrogen-bond acceptors (Lipinski definition) is 3. The lowest BCUT2D eigenvalue weighted by molar-refractivity contribution is -0.121. The molecule has 0 aliphatic carbocycles. The first-order valence-corrected chi connectivity index (χ1v) is 6.93. The number of carbonyl (C=O) groups excluding carboxylic acids is 1. The van der Waals surface area contributed by atoms with E-state index in [0.717, 1.165) is 12.8 Å². The molecule has 1 aliphatic heterocycles. The summed E-state index contributed by atoms with van der Waals surface area (Å²) >= 11 is 0. The van der Waals surface area contributed by atoms with E-state index in [0.29, 0.717) is 23.5 Å². The highest BCUT2D eigenvalue weighted by Crippen LogP contribution is 2.26. The number of nitrogen functional groups attached to an aromatic ring is 1. The molecular weight excluding hydrogens is 238 g/mol. The van der Waals surface area contributed by atoms with E-state index < -0.39 is 0 Å². The Morgan fingerprint density at radius 2 is 1.89 bits per heavy atom. The second-order valence-electron chi connectivity index (χ2n) is 5.48. The Kier molecular flexibility index (Phi) is 4.10. The van der Waals surface area contributed by atoms with Crippen molar-refractivity contribution in [2.75, 3.05) is 11.1 Å². The van der Waals surface area contributed by atoms with Gasteiger partial charge in [0.25, 0.3) is 0 Å². The number of benzene rings is 1. The molecule has 3 atom stereocenters. The molecule has 3 N–H and O–H groups in total. The van der Waals surface area contributed by atoms with Crippen LogP contribution in [-0.4, -0.2) is 28.9 Å². The van der Waals surface area contributed by atoms with E-state index >= 15 is 0 Å². The van der Waals surface area contributed by atoms with Crippen molar-refractivity contribution in [2.24, 2.45) is 0 Å². The molecule has 19 heavy (non-hydrogen) atoms. The molecule has 104 valence electrons. The SMILES string of the molecule is CC1CCC(C)N1C(C)C(=O)Nc1ccccc1N. The molecule has 2 rings (SSSR count). The molecule has 1 amide bonds. The third kappa shape index (κ3) is 2.89. The molecule has 0 radical (unpaired) electrons. The fourth-order valence-electron chi connectivity index (χ4n) is 2.96. The summed E-state index contributed by atoms with van der Waals surface area (Å²) in [5, 5.41) is 2.92. The highest BCUT2D eigenvalue weighted by molar-refractivity contribution is 5.97. The lowest BCUT2D eigenvalue weighted by Gasteiger charge is -2.31. The van der Waals surface area contributed by atoms with Gasteiger partial charge in [0, 0.05) is 12.1 Å². The van der Waals surface area contributed by atoms with Crippen molar-refractivity contribution in [2.45, 2.75) is 51.7 Å². The van der Waals surface area contributed by atoms with Crippen molar-refractivity contribution in [1.29, 1.82) is 0 Å². The predicted molar refractivity (Wildman–Crippen MR) is 78.9 cm³/mol. The highest BCUT2D eigenvalue weighted by atomic mass is 16.2. The van der Waals surface area contributed by atoms with E-state index in [1.807, 2.05) is 25.1 Å². The lowest BCUT2D eigenvalue weighted by Crippen LogP contribution is -2.46. The van der Waals surface area contributed by atoms with Crippen LogP contribution < -0.4 is 11.1 Å². The average molecular weight is 261 g/mol. The fraction of sp³-hybridized carbons (Fsp3) is 0.533. The number of para-hydroxylation sites is 2. The number of nitrogens with one attached hydrogen (secondary N) is 1. The van der Waals surface area contributed by atoms with Crippen LogP contribution in [0.25, 0.3) is 0 Å². The number of nitrogens with two attached hydrogens (primary N) is 1. The molecule has 1 heterocycles. The molecular formula is C15H23N3O. The van der Waals surface area contributed by atoms with Gasteiger partial charge in [-0.2, -0.15) is 0 Å². The second-order valence-corrected chi connectivity index (χ2v) is 5.48. The molecule has 0 bridgehead atoms. The number of hydrogen-bond donors (Lipinski definition) is 2. The Balaban J connectivity index is 2.06. The quantitative estimate of drug-likeness (QED) is 0.822. The van der Waals surface area contributed by atoms with Crippen LogP contribution in [0.15, 0.2) is 24.3 Å². The summed E-state index contributed by atoms with van der Waals surface area (Å²) < 4.78 is 0. The van der Waals surface area contributed by atoms with Crippen molar-refractivity contribution in [3.63, 3.8) is 0 Å². The molecule has 4 nitrogen and oxygen atoms in total. The normalized spacial score (nSPS) is 25.2. The molecule has 1 aliphatic rings. The predicted octanol–water partition coefficient (Wildman–Crippen LogP) is 2.47. The van der Waals surface area contributed by atoms with Crippen LogP contribution >= 0.6 is 0 Å². The number of nitrogens with zero attached hydrogens (tertiary/aromatic N) is 1. The molecule has 1 saturated heterocycles. The number of rotatable bonds is 3. The first-order valence-electron chi connectivity index (χ1n) is 6.93. The molecule has 0 spiro atoms. The lowest BCUT2D eigenvalue weighted by atomic mass is 10.2. The van der Waals surface area contributed by atoms with Gasteiger partial charge in [-0.3, -0.25) is 9.69 Å². The van der Waals surface area contributed by atoms with Gasteiger partial charge in [0.05, 0.1) is 17.4 Å². The van der Waals surface area contributed by atoms with E-state index in [2.05, 4.69) is 24.1 Å². The summed E-state index contributed by atoms with van der Waals surface area (Å²) in [5.74, 6) is 0.0125. The molecule has 1 fully saturated rings. The minimum absolute atomic E-state index is 0.0125. The molecule has 1 aromatic carbocycles. The average Bonchev–Trinajstić information content (AvgIpc) is 2.71. The van der Waals surface area contributed by atoms with Gasteiger partial charge in [0.1, 0.15) is 0 Å². The molecule has 4 heteroatoms. The Bertz CT molecular complexity index is 450. The van der Waals surface area contributed by atoms with Gasteiger partial charge in [-0.1, -0.05) is 12.1 Å². The van der Waals surface area contributed by atoms with Crippen molar-refractivity contribution in [1.82, 2.24) is 4.90 Å². The van der Waals surface area contributed by atoms with Crippen LogP contribution in [0.4, 0.5) is 11.4 Å². The highest BCUT2D eigenvalue weighted by Gasteiger charge is 2.34. The Morgan fingerprint density at radius 3 is 2.47 bits per heavy atom. The van der Waals surface area contributed by atoms with Gasteiger partial charge in [0.15, 0.2) is 0 Å². The summed E-state index contributed by atoms with van der Waals surface area (Å²) in [6.07, 6.45) is 2.32. The smallest absolute Gasteiger partial charge is 0.241 e. The van der Waals surface area contributed by atoms with Crippen LogP contribution in [0.2, 0.25) is 0 Å². The largest absolute Gasteiger partial charge is 0.397 e. The van der Waals surface area contributed by atoms with Crippen LogP contribution in [0.5, 0.6) is 0 Å². The van der Waals surface area contributed by atoms with Crippen molar-refractivity contribution < 1.29 is 4.79 Å². The summed E-state index contributed by atoms with van der Waals surface area (Å²) in [5.41, 5.74) is 7.14. The van der Waals surface area contributed by atoms with Gasteiger partial charge >= 0.3 is 0 Å². The van der Waals surface area contributed by atoms with Crippen molar-refractivity contribution in [3.05, 3.63) is 24.3 Å². The van der Waals surface area contributed by atoms with Crippen LogP contribution in [0, 0.1) is 0 Å². The van der Waals surface area contributed by atoms with E-state index in [4.69, 9.17) is 5.73 Å². The fourth-order valence-corrected chi connectivity index (χ4v) is 2.96. The Hall–Kier alpha value is -1.55. The van der Waals surface area contributed by atoms with Gasteiger partial charge in [-0.25, -0.2) is 0 Å². The maximum Gasteiger partial charge on any atom is 0.241 e. The molecule has 0 aromatic heterocycles. The monoisotopic (exact) mass is 261 g/mol.